The van der Waals surface area contributed by atoms with E-state index < -0.39 is 12.0 Å². The SMILES string of the molecule is COC(=O)/C(C#N)=C(/Nc1ccc2cc(C)[nH]c2c1)N[C@H]1CCCCN(CC(=O)N2CCCC2)C1=O. The van der Waals surface area contributed by atoms with Gasteiger partial charge in [0.1, 0.15) is 17.9 Å². The largest absolute Gasteiger partial charge is 0.465 e. The number of nitrogens with one attached hydrogen (secondary N) is 3. The molecule has 2 aliphatic heterocycles. The molecule has 0 radical (unpaired) electrons. The third kappa shape index (κ3) is 5.62. The summed E-state index contributed by atoms with van der Waals surface area (Å²) in [5, 5.41) is 17.0. The fourth-order valence-electron chi connectivity index (χ4n) is 4.77. The predicted octanol–water partition coefficient (Wildman–Crippen LogP) is 2.39. The first kappa shape index (κ1) is 25.1. The lowest BCUT2D eigenvalue weighted by Gasteiger charge is -2.28. The Bertz CT molecular complexity index is 1220. The minimum absolute atomic E-state index is 0.0362. The first-order chi connectivity index (χ1) is 17.4. The molecule has 3 N–H and O–H groups in total. The van der Waals surface area contributed by atoms with Crippen LogP contribution in [-0.4, -0.2) is 71.9 Å². The molecule has 1 aromatic carbocycles. The van der Waals surface area contributed by atoms with Gasteiger partial charge >= 0.3 is 5.97 Å². The van der Waals surface area contributed by atoms with Gasteiger partial charge in [-0.05, 0) is 62.6 Å². The van der Waals surface area contributed by atoms with Gasteiger partial charge in [0.15, 0.2) is 5.57 Å². The Labute approximate surface area is 210 Å². The van der Waals surface area contributed by atoms with Crippen molar-refractivity contribution in [1.29, 1.82) is 5.26 Å². The van der Waals surface area contributed by atoms with Gasteiger partial charge in [-0.25, -0.2) is 4.79 Å². The van der Waals surface area contributed by atoms with Crippen molar-refractivity contribution in [2.24, 2.45) is 0 Å². The van der Waals surface area contributed by atoms with Crippen molar-refractivity contribution in [3.63, 3.8) is 0 Å². The monoisotopic (exact) mass is 492 g/mol. The molecule has 0 spiro atoms. The zero-order valence-electron chi connectivity index (χ0n) is 20.7. The maximum atomic E-state index is 13.4. The summed E-state index contributed by atoms with van der Waals surface area (Å²) < 4.78 is 4.82. The number of anilines is 1. The highest BCUT2D eigenvalue weighted by molar-refractivity contribution is 5.95. The summed E-state index contributed by atoms with van der Waals surface area (Å²) in [5.41, 5.74) is 2.27. The van der Waals surface area contributed by atoms with Crippen molar-refractivity contribution in [2.45, 2.75) is 45.1 Å². The number of carbonyl (C=O) groups is 3. The molecule has 1 aromatic heterocycles. The van der Waals surface area contributed by atoms with Crippen molar-refractivity contribution >= 4 is 34.4 Å². The number of esters is 1. The van der Waals surface area contributed by atoms with Crippen molar-refractivity contribution in [3.8, 4) is 6.07 Å². The van der Waals surface area contributed by atoms with E-state index in [1.807, 2.05) is 37.3 Å². The first-order valence-electron chi connectivity index (χ1n) is 12.3. The van der Waals surface area contributed by atoms with Crippen LogP contribution in [-0.2, 0) is 19.1 Å². The normalized spacial score (nSPS) is 18.9. The molecule has 190 valence electrons. The average molecular weight is 493 g/mol. The number of nitrogens with zero attached hydrogens (tertiary/aromatic N) is 3. The highest BCUT2D eigenvalue weighted by Crippen LogP contribution is 2.22. The molecule has 2 amide bonds. The molecule has 4 rings (SSSR count). The number of benzene rings is 1. The number of methoxy groups -OCH3 is 1. The molecule has 0 aliphatic carbocycles. The van der Waals surface area contributed by atoms with Crippen LogP contribution in [0.5, 0.6) is 0 Å². The minimum atomic E-state index is -0.813. The van der Waals surface area contributed by atoms with E-state index in [9.17, 15) is 19.6 Å². The highest BCUT2D eigenvalue weighted by atomic mass is 16.5. The molecule has 3 heterocycles. The summed E-state index contributed by atoms with van der Waals surface area (Å²) in [4.78, 5) is 45.2. The number of carbonyl (C=O) groups excluding carboxylic acids is 3. The molecular formula is C26H32N6O4. The number of ether oxygens (including phenoxy) is 1. The number of H-pyrrole nitrogens is 1. The molecule has 0 unspecified atom stereocenters. The van der Waals surface area contributed by atoms with Gasteiger partial charge < -0.3 is 30.2 Å². The average Bonchev–Trinajstić information content (AvgIpc) is 3.50. The molecule has 10 heteroatoms. The van der Waals surface area contributed by atoms with Crippen LogP contribution in [0.1, 0.15) is 37.8 Å². The van der Waals surface area contributed by atoms with Gasteiger partial charge in [-0.15, -0.1) is 0 Å². The summed E-state index contributed by atoms with van der Waals surface area (Å²) in [5.74, 6) is -0.987. The van der Waals surface area contributed by atoms with Crippen LogP contribution < -0.4 is 10.6 Å². The van der Waals surface area contributed by atoms with Crippen LogP contribution in [0.25, 0.3) is 10.9 Å². The summed E-state index contributed by atoms with van der Waals surface area (Å²) in [6, 6.07) is 8.84. The topological polar surface area (TPSA) is 131 Å². The van der Waals surface area contributed by atoms with E-state index in [4.69, 9.17) is 4.74 Å². The summed E-state index contributed by atoms with van der Waals surface area (Å²) in [6.45, 7) is 3.95. The summed E-state index contributed by atoms with van der Waals surface area (Å²) in [6.07, 6.45) is 4.02. The van der Waals surface area contributed by atoms with E-state index in [0.717, 1.165) is 55.4 Å². The number of amides is 2. The maximum absolute atomic E-state index is 13.4. The number of aryl methyl sites for hydroxylation is 1. The molecule has 2 aromatic rings. The Morgan fingerprint density at radius 3 is 2.64 bits per heavy atom. The van der Waals surface area contributed by atoms with E-state index in [0.29, 0.717) is 18.7 Å². The minimum Gasteiger partial charge on any atom is -0.465 e. The molecular weight excluding hydrogens is 460 g/mol. The molecule has 2 saturated heterocycles. The molecule has 0 bridgehead atoms. The van der Waals surface area contributed by atoms with Crippen LogP contribution in [0.3, 0.4) is 0 Å². The van der Waals surface area contributed by atoms with Gasteiger partial charge in [0.25, 0.3) is 0 Å². The van der Waals surface area contributed by atoms with E-state index in [1.54, 1.807) is 9.80 Å². The molecule has 0 saturated carbocycles. The second-order valence-electron chi connectivity index (χ2n) is 9.27. The molecule has 2 aliphatic rings. The lowest BCUT2D eigenvalue weighted by molar-refractivity contribution is -0.140. The first-order valence-corrected chi connectivity index (χ1v) is 12.3. The summed E-state index contributed by atoms with van der Waals surface area (Å²) >= 11 is 0. The van der Waals surface area contributed by atoms with Gasteiger partial charge in [0.2, 0.25) is 11.8 Å². The third-order valence-corrected chi connectivity index (χ3v) is 6.66. The number of fused-ring (bicyclic) bond motifs is 1. The van der Waals surface area contributed by atoms with Crippen LogP contribution >= 0.6 is 0 Å². The van der Waals surface area contributed by atoms with Crippen LogP contribution in [0.15, 0.2) is 35.7 Å². The van der Waals surface area contributed by atoms with Gasteiger partial charge in [0.05, 0.1) is 13.7 Å². The van der Waals surface area contributed by atoms with Crippen molar-refractivity contribution in [2.75, 3.05) is 38.6 Å². The van der Waals surface area contributed by atoms with Gasteiger partial charge in [-0.3, -0.25) is 9.59 Å². The fraction of sp³-hybridized carbons (Fsp3) is 0.462. The zero-order valence-corrected chi connectivity index (χ0v) is 20.7. The number of aromatic amines is 1. The van der Waals surface area contributed by atoms with E-state index in [1.165, 1.54) is 7.11 Å². The van der Waals surface area contributed by atoms with Crippen LogP contribution in [0.2, 0.25) is 0 Å². The second kappa shape index (κ2) is 11.2. The Morgan fingerprint density at radius 2 is 1.92 bits per heavy atom. The van der Waals surface area contributed by atoms with Gasteiger partial charge in [-0.1, -0.05) is 6.07 Å². The predicted molar refractivity (Wildman–Crippen MR) is 134 cm³/mol. The van der Waals surface area contributed by atoms with Gasteiger partial charge in [0, 0.05) is 36.5 Å². The van der Waals surface area contributed by atoms with E-state index >= 15 is 0 Å². The summed E-state index contributed by atoms with van der Waals surface area (Å²) in [7, 11) is 1.20. The van der Waals surface area contributed by atoms with Crippen LogP contribution in [0, 0.1) is 18.3 Å². The molecule has 2 fully saturated rings. The lowest BCUT2D eigenvalue weighted by atomic mass is 10.1. The fourth-order valence-corrected chi connectivity index (χ4v) is 4.77. The van der Waals surface area contributed by atoms with Crippen molar-refractivity contribution < 1.29 is 19.1 Å². The Hall–Kier alpha value is -4.00. The zero-order chi connectivity index (χ0) is 25.7. The lowest BCUT2D eigenvalue weighted by Crippen LogP contribution is -2.49. The number of rotatable bonds is 7. The number of hydrogen-bond donors (Lipinski definition) is 3. The number of likely N-dealkylation sites (tertiary alicyclic amines) is 2. The van der Waals surface area contributed by atoms with Crippen molar-refractivity contribution in [3.05, 3.63) is 41.4 Å². The Morgan fingerprint density at radius 1 is 1.17 bits per heavy atom. The third-order valence-electron chi connectivity index (χ3n) is 6.66. The number of hydrogen-bond acceptors (Lipinski definition) is 7. The smallest absolute Gasteiger partial charge is 0.352 e. The Kier molecular flexibility index (Phi) is 7.78. The number of nitriles is 1. The molecule has 1 atom stereocenters. The Balaban J connectivity index is 1.58. The number of aromatic nitrogens is 1. The molecule has 10 nitrogen and oxygen atoms in total. The van der Waals surface area contributed by atoms with Crippen LogP contribution in [0.4, 0.5) is 5.69 Å². The standard InChI is InChI=1S/C26H32N6O4/c1-17-13-18-8-9-19(14-22(18)28-17)29-24(20(15-27)26(35)36-2)30-21-7-3-4-12-32(25(21)34)16-23(33)31-10-5-6-11-31/h8-9,13-14,21,28-30H,3-7,10-12,16H2,1-2H3/b24-20-/t21-/m0/s1. The van der Waals surface area contributed by atoms with Gasteiger partial charge in [-0.2, -0.15) is 5.26 Å². The highest BCUT2D eigenvalue weighted by Gasteiger charge is 2.31. The molecule has 36 heavy (non-hydrogen) atoms. The van der Waals surface area contributed by atoms with Crippen molar-refractivity contribution in [1.82, 2.24) is 20.1 Å². The quantitative estimate of drug-likeness (QED) is 0.307. The van der Waals surface area contributed by atoms with E-state index in [2.05, 4.69) is 15.6 Å². The van der Waals surface area contributed by atoms with E-state index in [-0.39, 0.29) is 29.8 Å². The second-order valence-corrected chi connectivity index (χ2v) is 9.27. The maximum Gasteiger partial charge on any atom is 0.352 e.